The van der Waals surface area contributed by atoms with E-state index < -0.39 is 6.29 Å². The Bertz CT molecular complexity index is 214. The Kier molecular flexibility index (Phi) is 2.48. The maximum Gasteiger partial charge on any atom is 0.200 e. The highest BCUT2D eigenvalue weighted by Gasteiger charge is 2.42. The summed E-state index contributed by atoms with van der Waals surface area (Å²) in [5.74, 6) is 0.199. The van der Waals surface area contributed by atoms with Gasteiger partial charge in [-0.05, 0) is 0 Å². The average molecular weight is 187 g/mol. The third-order valence-corrected chi connectivity index (χ3v) is 2.37. The van der Waals surface area contributed by atoms with E-state index in [1.54, 1.807) is 14.2 Å². The zero-order chi connectivity index (χ0) is 9.26. The van der Waals surface area contributed by atoms with Crippen LogP contribution in [0.3, 0.4) is 0 Å². The Morgan fingerprint density at radius 2 is 2.15 bits per heavy atom. The molecule has 0 radical (unpaired) electrons. The van der Waals surface area contributed by atoms with Crippen molar-refractivity contribution in [2.45, 2.75) is 12.4 Å². The molecule has 0 aromatic rings. The van der Waals surface area contributed by atoms with Gasteiger partial charge in [-0.25, -0.2) is 0 Å². The first kappa shape index (κ1) is 8.93. The van der Waals surface area contributed by atoms with Gasteiger partial charge in [-0.15, -0.1) is 0 Å². The normalized spacial score (nSPS) is 31.8. The highest BCUT2D eigenvalue weighted by Crippen LogP contribution is 2.27. The van der Waals surface area contributed by atoms with Crippen molar-refractivity contribution in [2.24, 2.45) is 11.1 Å². The van der Waals surface area contributed by atoms with Crippen molar-refractivity contribution in [2.75, 3.05) is 27.4 Å². The van der Waals surface area contributed by atoms with Crippen molar-refractivity contribution in [3.63, 3.8) is 0 Å². The zero-order valence-corrected chi connectivity index (χ0v) is 7.73. The van der Waals surface area contributed by atoms with Crippen LogP contribution in [-0.2, 0) is 19.0 Å². The van der Waals surface area contributed by atoms with Crippen LogP contribution in [-0.4, -0.2) is 45.5 Å². The molecule has 13 heavy (non-hydrogen) atoms. The van der Waals surface area contributed by atoms with Crippen LogP contribution in [0.4, 0.5) is 0 Å². The van der Waals surface area contributed by atoms with Gasteiger partial charge in [-0.1, -0.05) is 5.16 Å². The molecule has 0 saturated carbocycles. The highest BCUT2D eigenvalue weighted by atomic mass is 16.7. The predicted octanol–water partition coefficient (Wildman–Crippen LogP) is 0.00650. The van der Waals surface area contributed by atoms with E-state index in [2.05, 4.69) is 5.16 Å². The molecule has 0 unspecified atom stereocenters. The summed E-state index contributed by atoms with van der Waals surface area (Å²) in [5, 5.41) is 3.95. The van der Waals surface area contributed by atoms with Gasteiger partial charge in [0.15, 0.2) is 12.4 Å². The summed E-state index contributed by atoms with van der Waals surface area (Å²) in [6, 6.07) is 0. The van der Waals surface area contributed by atoms with Gasteiger partial charge in [0.2, 0.25) is 0 Å². The fraction of sp³-hybridized carbons (Fsp3) is 0.875. The fourth-order valence-electron chi connectivity index (χ4n) is 1.67. The maximum atomic E-state index is 5.26. The van der Waals surface area contributed by atoms with E-state index in [0.29, 0.717) is 13.2 Å². The standard InChI is InChI=1S/C8H13NO4/c1-10-8(11-2)7-5-3-12-4-6(5)13-9-7/h5-6,8H,3-4H2,1-2H3/t5-,6+/m0/s1. The third kappa shape index (κ3) is 1.43. The van der Waals surface area contributed by atoms with Gasteiger partial charge in [0.1, 0.15) is 5.71 Å². The summed E-state index contributed by atoms with van der Waals surface area (Å²) in [6.07, 6.45) is -0.348. The number of oxime groups is 1. The molecular weight excluding hydrogens is 174 g/mol. The topological polar surface area (TPSA) is 49.3 Å². The minimum absolute atomic E-state index is 0.0581. The summed E-state index contributed by atoms with van der Waals surface area (Å²) >= 11 is 0. The Morgan fingerprint density at radius 1 is 1.38 bits per heavy atom. The number of rotatable bonds is 3. The number of hydrogen-bond donors (Lipinski definition) is 0. The first-order valence-corrected chi connectivity index (χ1v) is 4.23. The molecule has 0 amide bonds. The van der Waals surface area contributed by atoms with Gasteiger partial charge >= 0.3 is 0 Å². The molecule has 5 heteroatoms. The van der Waals surface area contributed by atoms with E-state index in [-0.39, 0.29) is 12.0 Å². The lowest BCUT2D eigenvalue weighted by molar-refractivity contribution is -0.0549. The quantitative estimate of drug-likeness (QED) is 0.584. The highest BCUT2D eigenvalue weighted by molar-refractivity contribution is 5.91. The number of methoxy groups -OCH3 is 2. The van der Waals surface area contributed by atoms with Gasteiger partial charge in [0.05, 0.1) is 19.1 Å². The number of fused-ring (bicyclic) bond motifs is 1. The smallest absolute Gasteiger partial charge is 0.200 e. The van der Waals surface area contributed by atoms with E-state index in [1.807, 2.05) is 0 Å². The lowest BCUT2D eigenvalue weighted by atomic mass is 10.0. The summed E-state index contributed by atoms with van der Waals surface area (Å²) in [4.78, 5) is 5.18. The molecule has 0 bridgehead atoms. The van der Waals surface area contributed by atoms with E-state index in [0.717, 1.165) is 5.71 Å². The summed E-state index contributed by atoms with van der Waals surface area (Å²) in [7, 11) is 3.17. The number of nitrogens with zero attached hydrogens (tertiary/aromatic N) is 1. The van der Waals surface area contributed by atoms with Crippen LogP contribution in [0.2, 0.25) is 0 Å². The number of hydrogen-bond acceptors (Lipinski definition) is 5. The van der Waals surface area contributed by atoms with Crippen LogP contribution >= 0.6 is 0 Å². The first-order chi connectivity index (χ1) is 6.36. The van der Waals surface area contributed by atoms with E-state index >= 15 is 0 Å². The SMILES string of the molecule is COC(OC)C1=NO[C@@H]2COC[C@H]12. The number of ether oxygens (including phenoxy) is 3. The molecule has 1 fully saturated rings. The van der Waals surface area contributed by atoms with Crippen molar-refractivity contribution in [1.82, 2.24) is 0 Å². The van der Waals surface area contributed by atoms with Crippen LogP contribution in [0.15, 0.2) is 5.16 Å². The molecule has 2 atom stereocenters. The fourth-order valence-corrected chi connectivity index (χ4v) is 1.67. The molecule has 74 valence electrons. The molecule has 5 nitrogen and oxygen atoms in total. The summed E-state index contributed by atoms with van der Waals surface area (Å²) in [6.45, 7) is 1.25. The van der Waals surface area contributed by atoms with E-state index in [1.165, 1.54) is 0 Å². The van der Waals surface area contributed by atoms with E-state index in [4.69, 9.17) is 19.0 Å². The third-order valence-electron chi connectivity index (χ3n) is 2.37. The average Bonchev–Trinajstić information content (AvgIpc) is 2.70. The lowest BCUT2D eigenvalue weighted by Gasteiger charge is -2.15. The molecule has 2 rings (SSSR count). The minimum atomic E-state index is -0.406. The van der Waals surface area contributed by atoms with Gasteiger partial charge in [-0.2, -0.15) is 0 Å². The second kappa shape index (κ2) is 3.61. The lowest BCUT2D eigenvalue weighted by Crippen LogP contribution is -2.33. The van der Waals surface area contributed by atoms with Crippen LogP contribution in [0.25, 0.3) is 0 Å². The molecule has 0 N–H and O–H groups in total. The molecule has 1 saturated heterocycles. The molecule has 0 aromatic heterocycles. The summed E-state index contributed by atoms with van der Waals surface area (Å²) < 4.78 is 15.5. The van der Waals surface area contributed by atoms with E-state index in [9.17, 15) is 0 Å². The maximum absolute atomic E-state index is 5.26. The Labute approximate surface area is 76.6 Å². The molecular formula is C8H13NO4. The Morgan fingerprint density at radius 3 is 2.85 bits per heavy atom. The monoisotopic (exact) mass is 187 g/mol. The van der Waals surface area contributed by atoms with Crippen molar-refractivity contribution in [3.05, 3.63) is 0 Å². The van der Waals surface area contributed by atoms with Crippen LogP contribution < -0.4 is 0 Å². The van der Waals surface area contributed by atoms with Crippen LogP contribution in [0.5, 0.6) is 0 Å². The van der Waals surface area contributed by atoms with Gasteiger partial charge in [-0.3, -0.25) is 0 Å². The van der Waals surface area contributed by atoms with Gasteiger partial charge in [0.25, 0.3) is 0 Å². The molecule has 2 heterocycles. The molecule has 2 aliphatic heterocycles. The largest absolute Gasteiger partial charge is 0.389 e. The second-order valence-electron chi connectivity index (χ2n) is 3.11. The van der Waals surface area contributed by atoms with Gasteiger partial charge in [0, 0.05) is 14.2 Å². The van der Waals surface area contributed by atoms with Crippen LogP contribution in [0, 0.1) is 5.92 Å². The van der Waals surface area contributed by atoms with Crippen molar-refractivity contribution in [3.8, 4) is 0 Å². The Balaban J connectivity index is 2.06. The second-order valence-corrected chi connectivity index (χ2v) is 3.11. The zero-order valence-electron chi connectivity index (χ0n) is 7.73. The molecule has 0 aromatic carbocycles. The minimum Gasteiger partial charge on any atom is -0.389 e. The predicted molar refractivity (Wildman–Crippen MR) is 44.4 cm³/mol. The Hall–Kier alpha value is -0.650. The van der Waals surface area contributed by atoms with Crippen molar-refractivity contribution < 1.29 is 19.0 Å². The summed E-state index contributed by atoms with van der Waals surface area (Å²) in [5.41, 5.74) is 0.799. The molecule has 0 spiro atoms. The van der Waals surface area contributed by atoms with Crippen LogP contribution in [0.1, 0.15) is 0 Å². The molecule has 2 aliphatic rings. The first-order valence-electron chi connectivity index (χ1n) is 4.23. The van der Waals surface area contributed by atoms with Crippen molar-refractivity contribution in [1.29, 1.82) is 0 Å². The molecule has 0 aliphatic carbocycles. The van der Waals surface area contributed by atoms with Crippen molar-refractivity contribution >= 4 is 5.71 Å². The van der Waals surface area contributed by atoms with Gasteiger partial charge < -0.3 is 19.0 Å².